The highest BCUT2D eigenvalue weighted by Gasteiger charge is 2.21. The maximum atomic E-state index is 12.4. The van der Waals surface area contributed by atoms with Crippen LogP contribution >= 0.6 is 0 Å². The molecule has 1 aliphatic rings. The van der Waals surface area contributed by atoms with Crippen LogP contribution < -0.4 is 15.7 Å². The fourth-order valence-corrected chi connectivity index (χ4v) is 3.50. The summed E-state index contributed by atoms with van der Waals surface area (Å²) in [7, 11) is 1.56. The summed E-state index contributed by atoms with van der Waals surface area (Å²) in [6, 6.07) is 6.93. The molecular formula is C19H23NO4. The molecule has 128 valence electrons. The topological polar surface area (TPSA) is 68.5 Å². The Balaban J connectivity index is 1.79. The number of hydrogen-bond acceptors (Lipinski definition) is 4. The highest BCUT2D eigenvalue weighted by atomic mass is 16.5. The third-order valence-corrected chi connectivity index (χ3v) is 4.69. The lowest BCUT2D eigenvalue weighted by Crippen LogP contribution is -2.38. The third kappa shape index (κ3) is 3.78. The molecule has 2 atom stereocenters. The lowest BCUT2D eigenvalue weighted by molar-refractivity contribution is -0.121. The highest BCUT2D eigenvalue weighted by Crippen LogP contribution is 2.25. The van der Waals surface area contributed by atoms with Crippen LogP contribution in [0.15, 0.2) is 33.5 Å². The van der Waals surface area contributed by atoms with E-state index < -0.39 is 5.63 Å². The minimum atomic E-state index is -0.454. The van der Waals surface area contributed by atoms with Gasteiger partial charge in [-0.2, -0.15) is 0 Å². The summed E-state index contributed by atoms with van der Waals surface area (Å²) >= 11 is 0. The maximum absolute atomic E-state index is 12.4. The minimum Gasteiger partial charge on any atom is -0.497 e. The van der Waals surface area contributed by atoms with E-state index in [1.165, 1.54) is 12.5 Å². The van der Waals surface area contributed by atoms with Gasteiger partial charge in [0.05, 0.1) is 13.5 Å². The van der Waals surface area contributed by atoms with Crippen molar-refractivity contribution in [2.45, 2.75) is 45.1 Å². The molecule has 5 heteroatoms. The van der Waals surface area contributed by atoms with E-state index in [1.807, 2.05) is 6.07 Å². The zero-order valence-corrected chi connectivity index (χ0v) is 14.1. The molecule has 1 aromatic carbocycles. The average molecular weight is 329 g/mol. The third-order valence-electron chi connectivity index (χ3n) is 4.69. The van der Waals surface area contributed by atoms with Crippen molar-refractivity contribution >= 4 is 16.9 Å². The van der Waals surface area contributed by atoms with Crippen molar-refractivity contribution in [1.82, 2.24) is 5.32 Å². The normalized spacial score (nSPS) is 20.8. The van der Waals surface area contributed by atoms with Crippen LogP contribution in [0.2, 0.25) is 0 Å². The number of fused-ring (bicyclic) bond motifs is 1. The van der Waals surface area contributed by atoms with Gasteiger partial charge in [-0.1, -0.05) is 19.8 Å². The molecule has 0 radical (unpaired) electrons. The maximum Gasteiger partial charge on any atom is 0.336 e. The quantitative estimate of drug-likeness (QED) is 0.876. The molecule has 1 fully saturated rings. The summed E-state index contributed by atoms with van der Waals surface area (Å²) in [4.78, 5) is 24.2. The summed E-state index contributed by atoms with van der Waals surface area (Å²) < 4.78 is 10.4. The molecule has 0 saturated heterocycles. The van der Waals surface area contributed by atoms with Crippen LogP contribution in [0.5, 0.6) is 5.75 Å². The number of methoxy groups -OCH3 is 1. The number of nitrogens with one attached hydrogen (secondary N) is 1. The van der Waals surface area contributed by atoms with E-state index in [0.717, 1.165) is 24.6 Å². The summed E-state index contributed by atoms with van der Waals surface area (Å²) in [6.45, 7) is 2.22. The molecule has 0 spiro atoms. The van der Waals surface area contributed by atoms with Crippen LogP contribution in [0, 0.1) is 5.92 Å². The molecule has 2 aromatic rings. The van der Waals surface area contributed by atoms with Gasteiger partial charge in [0.1, 0.15) is 11.3 Å². The first-order chi connectivity index (χ1) is 11.5. The van der Waals surface area contributed by atoms with Gasteiger partial charge in [-0.25, -0.2) is 4.79 Å². The van der Waals surface area contributed by atoms with Crippen molar-refractivity contribution in [2.75, 3.05) is 7.11 Å². The number of carbonyl (C=O) groups excluding carboxylic acids is 1. The van der Waals surface area contributed by atoms with E-state index in [-0.39, 0.29) is 18.4 Å². The SMILES string of the molecule is COc1ccc2c(CC(=O)N[C@H]3CCC[C@@H](C)C3)cc(=O)oc2c1. The molecule has 1 aliphatic carbocycles. The molecule has 1 saturated carbocycles. The van der Waals surface area contributed by atoms with Crippen LogP contribution in [0.3, 0.4) is 0 Å². The van der Waals surface area contributed by atoms with Gasteiger partial charge in [0.2, 0.25) is 5.91 Å². The Hall–Kier alpha value is -2.30. The first-order valence-electron chi connectivity index (χ1n) is 8.45. The summed E-state index contributed by atoms with van der Waals surface area (Å²) in [5.74, 6) is 1.22. The molecule has 0 unspecified atom stereocenters. The van der Waals surface area contributed by atoms with E-state index in [1.54, 1.807) is 19.2 Å². The molecule has 1 aromatic heterocycles. The van der Waals surface area contributed by atoms with Crippen LogP contribution in [-0.4, -0.2) is 19.1 Å². The lowest BCUT2D eigenvalue weighted by Gasteiger charge is -2.27. The predicted octanol–water partition coefficient (Wildman–Crippen LogP) is 3.04. The second kappa shape index (κ2) is 7.07. The summed E-state index contributed by atoms with van der Waals surface area (Å²) in [5, 5.41) is 3.87. The van der Waals surface area contributed by atoms with E-state index in [0.29, 0.717) is 22.8 Å². The number of rotatable bonds is 4. The van der Waals surface area contributed by atoms with Crippen LogP contribution in [0.1, 0.15) is 38.2 Å². The summed E-state index contributed by atoms with van der Waals surface area (Å²) in [6.07, 6.45) is 4.63. The van der Waals surface area contributed by atoms with E-state index in [4.69, 9.17) is 9.15 Å². The summed E-state index contributed by atoms with van der Waals surface area (Å²) in [5.41, 5.74) is 0.672. The number of ether oxygens (including phenoxy) is 1. The van der Waals surface area contributed by atoms with Crippen molar-refractivity contribution in [2.24, 2.45) is 5.92 Å². The second-order valence-electron chi connectivity index (χ2n) is 6.67. The minimum absolute atomic E-state index is 0.0446. The molecule has 1 N–H and O–H groups in total. The van der Waals surface area contributed by atoms with Gasteiger partial charge in [-0.15, -0.1) is 0 Å². The molecule has 24 heavy (non-hydrogen) atoms. The molecule has 0 bridgehead atoms. The number of carbonyl (C=O) groups is 1. The van der Waals surface area contributed by atoms with Gasteiger partial charge in [-0.3, -0.25) is 4.79 Å². The largest absolute Gasteiger partial charge is 0.497 e. The zero-order chi connectivity index (χ0) is 17.1. The lowest BCUT2D eigenvalue weighted by atomic mass is 9.87. The van der Waals surface area contributed by atoms with Gasteiger partial charge < -0.3 is 14.5 Å². The van der Waals surface area contributed by atoms with Crippen LogP contribution in [0.25, 0.3) is 11.0 Å². The first-order valence-corrected chi connectivity index (χ1v) is 8.45. The van der Waals surface area contributed by atoms with Crippen molar-refractivity contribution in [3.63, 3.8) is 0 Å². The van der Waals surface area contributed by atoms with Crippen molar-refractivity contribution in [3.05, 3.63) is 40.2 Å². The average Bonchev–Trinajstić information content (AvgIpc) is 2.53. The van der Waals surface area contributed by atoms with Crippen molar-refractivity contribution < 1.29 is 13.9 Å². The highest BCUT2D eigenvalue weighted by molar-refractivity contribution is 5.87. The number of benzene rings is 1. The zero-order valence-electron chi connectivity index (χ0n) is 14.1. The van der Waals surface area contributed by atoms with Gasteiger partial charge in [-0.05, 0) is 36.5 Å². The second-order valence-corrected chi connectivity index (χ2v) is 6.67. The van der Waals surface area contributed by atoms with Crippen LogP contribution in [-0.2, 0) is 11.2 Å². The van der Waals surface area contributed by atoms with Gasteiger partial charge >= 0.3 is 5.63 Å². The monoisotopic (exact) mass is 329 g/mol. The standard InChI is InChI=1S/C19H23NO4/c1-12-4-3-5-14(8-12)20-18(21)9-13-10-19(22)24-17-11-15(23-2)6-7-16(13)17/h6-7,10-12,14H,3-5,8-9H2,1-2H3,(H,20,21)/t12-,14+/m1/s1. The molecular weight excluding hydrogens is 306 g/mol. The Labute approximate surface area is 141 Å². The molecule has 3 rings (SSSR count). The molecule has 1 heterocycles. The van der Waals surface area contributed by atoms with Crippen molar-refractivity contribution in [3.8, 4) is 5.75 Å². The number of amides is 1. The smallest absolute Gasteiger partial charge is 0.336 e. The first kappa shape index (κ1) is 16.6. The Bertz CT molecular complexity index is 796. The fraction of sp³-hybridized carbons (Fsp3) is 0.474. The van der Waals surface area contributed by atoms with Gasteiger partial charge in [0.15, 0.2) is 0 Å². The Morgan fingerprint density at radius 2 is 2.17 bits per heavy atom. The molecule has 1 amide bonds. The van der Waals surface area contributed by atoms with E-state index >= 15 is 0 Å². The van der Waals surface area contributed by atoms with Crippen molar-refractivity contribution in [1.29, 1.82) is 0 Å². The molecule has 5 nitrogen and oxygen atoms in total. The van der Waals surface area contributed by atoms with Gasteiger partial charge in [0, 0.05) is 23.6 Å². The van der Waals surface area contributed by atoms with Gasteiger partial charge in [0.25, 0.3) is 0 Å². The van der Waals surface area contributed by atoms with E-state index in [2.05, 4.69) is 12.2 Å². The Kier molecular flexibility index (Phi) is 4.88. The fourth-order valence-electron chi connectivity index (χ4n) is 3.50. The van der Waals surface area contributed by atoms with Crippen LogP contribution in [0.4, 0.5) is 0 Å². The Morgan fingerprint density at radius 3 is 2.92 bits per heavy atom. The molecule has 0 aliphatic heterocycles. The number of hydrogen-bond donors (Lipinski definition) is 1. The predicted molar refractivity (Wildman–Crippen MR) is 92.3 cm³/mol. The van der Waals surface area contributed by atoms with E-state index in [9.17, 15) is 9.59 Å². The Morgan fingerprint density at radius 1 is 1.33 bits per heavy atom.